The lowest BCUT2D eigenvalue weighted by atomic mass is 9.84. The predicted octanol–water partition coefficient (Wildman–Crippen LogP) is 0.451. The van der Waals surface area contributed by atoms with E-state index in [0.717, 1.165) is 30.7 Å². The van der Waals surface area contributed by atoms with Crippen LogP contribution in [0.2, 0.25) is 0 Å². The summed E-state index contributed by atoms with van der Waals surface area (Å²) in [5, 5.41) is 16.7. The molecule has 2 aliphatic rings. The maximum absolute atomic E-state index is 12.4. The number of fused-ring (bicyclic) bond motifs is 1. The van der Waals surface area contributed by atoms with E-state index < -0.39 is 0 Å². The predicted molar refractivity (Wildman–Crippen MR) is 95.2 cm³/mol. The van der Waals surface area contributed by atoms with E-state index in [-0.39, 0.29) is 24.4 Å². The SMILES string of the molecule is Cc1nc(CNC(=O)NCc2cc3n(n2)CCN(C(=O)C2CCC2)C3)n[nH]1. The summed E-state index contributed by atoms with van der Waals surface area (Å²) in [5.74, 6) is 1.74. The summed E-state index contributed by atoms with van der Waals surface area (Å²) in [4.78, 5) is 30.4. The van der Waals surface area contributed by atoms with Crippen molar-refractivity contribution in [1.82, 2.24) is 40.5 Å². The Morgan fingerprint density at radius 1 is 1.26 bits per heavy atom. The lowest BCUT2D eigenvalue weighted by molar-refractivity contribution is -0.139. The van der Waals surface area contributed by atoms with Crippen LogP contribution in [0.3, 0.4) is 0 Å². The van der Waals surface area contributed by atoms with E-state index in [2.05, 4.69) is 30.9 Å². The van der Waals surface area contributed by atoms with Gasteiger partial charge in [0.15, 0.2) is 5.82 Å². The number of nitrogens with zero attached hydrogens (tertiary/aromatic N) is 5. The second-order valence-electron chi connectivity index (χ2n) is 7.11. The van der Waals surface area contributed by atoms with Gasteiger partial charge in [0.2, 0.25) is 5.91 Å². The highest BCUT2D eigenvalue weighted by atomic mass is 16.2. The molecule has 10 nitrogen and oxygen atoms in total. The Labute approximate surface area is 156 Å². The average molecular weight is 372 g/mol. The van der Waals surface area contributed by atoms with Crippen LogP contribution in [0.5, 0.6) is 0 Å². The fraction of sp³-hybridized carbons (Fsp3) is 0.588. The molecule has 0 atom stereocenters. The molecule has 1 aliphatic carbocycles. The summed E-state index contributed by atoms with van der Waals surface area (Å²) in [5.41, 5.74) is 1.80. The van der Waals surface area contributed by atoms with Crippen LogP contribution in [-0.4, -0.2) is 48.3 Å². The van der Waals surface area contributed by atoms with Gasteiger partial charge in [-0.1, -0.05) is 6.42 Å². The lowest BCUT2D eigenvalue weighted by Crippen LogP contribution is -2.43. The number of nitrogens with one attached hydrogen (secondary N) is 3. The summed E-state index contributed by atoms with van der Waals surface area (Å²) >= 11 is 0. The monoisotopic (exact) mass is 372 g/mol. The van der Waals surface area contributed by atoms with Crippen LogP contribution in [0, 0.1) is 12.8 Å². The molecule has 144 valence electrons. The van der Waals surface area contributed by atoms with Crippen molar-refractivity contribution in [3.8, 4) is 0 Å². The molecule has 2 aromatic rings. The van der Waals surface area contributed by atoms with Crippen molar-refractivity contribution in [2.75, 3.05) is 6.54 Å². The topological polar surface area (TPSA) is 121 Å². The highest BCUT2D eigenvalue weighted by Crippen LogP contribution is 2.29. The van der Waals surface area contributed by atoms with Gasteiger partial charge in [0, 0.05) is 12.5 Å². The highest BCUT2D eigenvalue weighted by Gasteiger charge is 2.31. The minimum Gasteiger partial charge on any atom is -0.335 e. The summed E-state index contributed by atoms with van der Waals surface area (Å²) in [7, 11) is 0. The number of hydrogen-bond donors (Lipinski definition) is 3. The number of aryl methyl sites for hydroxylation is 1. The Hall–Kier alpha value is -2.91. The Morgan fingerprint density at radius 2 is 2.07 bits per heavy atom. The van der Waals surface area contributed by atoms with E-state index in [9.17, 15) is 9.59 Å². The quantitative estimate of drug-likeness (QED) is 0.704. The number of aromatic amines is 1. The molecule has 1 saturated carbocycles. The molecule has 4 rings (SSSR count). The second kappa shape index (κ2) is 7.37. The first kappa shape index (κ1) is 17.5. The highest BCUT2D eigenvalue weighted by molar-refractivity contribution is 5.79. The third-order valence-corrected chi connectivity index (χ3v) is 5.10. The van der Waals surface area contributed by atoms with Crippen LogP contribution < -0.4 is 10.6 Å². The fourth-order valence-electron chi connectivity index (χ4n) is 3.37. The lowest BCUT2D eigenvalue weighted by Gasteiger charge is -2.34. The third-order valence-electron chi connectivity index (χ3n) is 5.10. The van der Waals surface area contributed by atoms with Crippen LogP contribution in [0.15, 0.2) is 6.07 Å². The molecule has 0 bridgehead atoms. The number of amides is 3. The molecule has 3 heterocycles. The molecule has 1 fully saturated rings. The van der Waals surface area contributed by atoms with Crippen LogP contribution in [0.25, 0.3) is 0 Å². The zero-order valence-corrected chi connectivity index (χ0v) is 15.4. The zero-order chi connectivity index (χ0) is 18.8. The molecule has 0 spiro atoms. The van der Waals surface area contributed by atoms with Crippen molar-refractivity contribution < 1.29 is 9.59 Å². The maximum Gasteiger partial charge on any atom is 0.315 e. The first-order valence-electron chi connectivity index (χ1n) is 9.32. The molecule has 0 unspecified atom stereocenters. The largest absolute Gasteiger partial charge is 0.335 e. The molecule has 0 aromatic carbocycles. The van der Waals surface area contributed by atoms with Gasteiger partial charge in [0.1, 0.15) is 5.82 Å². The van der Waals surface area contributed by atoms with Gasteiger partial charge in [-0.25, -0.2) is 9.78 Å². The number of H-pyrrole nitrogens is 1. The van der Waals surface area contributed by atoms with E-state index in [1.54, 1.807) is 6.92 Å². The number of carbonyl (C=O) groups excluding carboxylic acids is 2. The van der Waals surface area contributed by atoms with Crippen LogP contribution in [-0.2, 0) is 31.0 Å². The van der Waals surface area contributed by atoms with E-state index >= 15 is 0 Å². The molecule has 10 heteroatoms. The number of urea groups is 1. The Morgan fingerprint density at radius 3 is 2.78 bits per heavy atom. The minimum absolute atomic E-state index is 0.220. The van der Waals surface area contributed by atoms with E-state index in [4.69, 9.17) is 0 Å². The van der Waals surface area contributed by atoms with Gasteiger partial charge in [0.05, 0.1) is 37.6 Å². The Balaban J connectivity index is 1.26. The summed E-state index contributed by atoms with van der Waals surface area (Å²) < 4.78 is 1.93. The minimum atomic E-state index is -0.301. The summed E-state index contributed by atoms with van der Waals surface area (Å²) in [6, 6.07) is 1.66. The van der Waals surface area contributed by atoms with E-state index in [0.29, 0.717) is 37.8 Å². The Kier molecular flexibility index (Phi) is 4.78. The second-order valence-corrected chi connectivity index (χ2v) is 7.11. The normalized spacial score (nSPS) is 16.6. The number of carbonyl (C=O) groups is 2. The van der Waals surface area contributed by atoms with Gasteiger partial charge in [-0.15, -0.1) is 0 Å². The zero-order valence-electron chi connectivity index (χ0n) is 15.4. The molecule has 1 aliphatic heterocycles. The van der Waals surface area contributed by atoms with Crippen molar-refractivity contribution in [2.24, 2.45) is 5.92 Å². The van der Waals surface area contributed by atoms with Crippen molar-refractivity contribution >= 4 is 11.9 Å². The molecule has 3 N–H and O–H groups in total. The number of aromatic nitrogens is 5. The first-order valence-corrected chi connectivity index (χ1v) is 9.32. The smallest absolute Gasteiger partial charge is 0.315 e. The van der Waals surface area contributed by atoms with Gasteiger partial charge in [-0.2, -0.15) is 10.2 Å². The fourth-order valence-corrected chi connectivity index (χ4v) is 3.37. The van der Waals surface area contributed by atoms with Gasteiger partial charge in [-0.05, 0) is 25.8 Å². The maximum atomic E-state index is 12.4. The van der Waals surface area contributed by atoms with Crippen molar-refractivity contribution in [1.29, 1.82) is 0 Å². The van der Waals surface area contributed by atoms with Crippen LogP contribution >= 0.6 is 0 Å². The first-order chi connectivity index (χ1) is 13.1. The van der Waals surface area contributed by atoms with E-state index in [1.165, 1.54) is 0 Å². The molecule has 2 aromatic heterocycles. The number of rotatable bonds is 5. The summed E-state index contributed by atoms with van der Waals surface area (Å²) in [6.45, 7) is 4.39. The van der Waals surface area contributed by atoms with Gasteiger partial charge < -0.3 is 15.5 Å². The van der Waals surface area contributed by atoms with Gasteiger partial charge in [0.25, 0.3) is 0 Å². The van der Waals surface area contributed by atoms with E-state index in [1.807, 2.05) is 15.6 Å². The Bertz CT molecular complexity index is 838. The molecule has 3 amide bonds. The molecule has 0 radical (unpaired) electrons. The van der Waals surface area contributed by atoms with Crippen LogP contribution in [0.4, 0.5) is 4.79 Å². The molecular formula is C17H24N8O2. The van der Waals surface area contributed by atoms with Crippen molar-refractivity contribution in [3.63, 3.8) is 0 Å². The van der Waals surface area contributed by atoms with Crippen molar-refractivity contribution in [3.05, 3.63) is 29.1 Å². The van der Waals surface area contributed by atoms with Crippen LogP contribution in [0.1, 0.15) is 42.3 Å². The third kappa shape index (κ3) is 3.93. The molecule has 0 saturated heterocycles. The molecule has 27 heavy (non-hydrogen) atoms. The van der Waals surface area contributed by atoms with Crippen molar-refractivity contribution in [2.45, 2.75) is 52.4 Å². The number of hydrogen-bond acceptors (Lipinski definition) is 5. The van der Waals surface area contributed by atoms with Gasteiger partial charge >= 0.3 is 6.03 Å². The summed E-state index contributed by atoms with van der Waals surface area (Å²) in [6.07, 6.45) is 3.20. The van der Waals surface area contributed by atoms with Gasteiger partial charge in [-0.3, -0.25) is 14.6 Å². The standard InChI is InChI=1S/C17H24N8O2/c1-11-20-15(22-21-11)9-19-17(27)18-8-13-7-14-10-24(5-6-25(14)23-13)16(26)12-3-2-4-12/h7,12H,2-6,8-10H2,1H3,(H2,18,19,27)(H,20,21,22). The average Bonchev–Trinajstić information content (AvgIpc) is 3.21. The molecular weight excluding hydrogens is 348 g/mol.